The van der Waals surface area contributed by atoms with Crippen LogP contribution in [0.5, 0.6) is 0 Å². The Morgan fingerprint density at radius 2 is 2.04 bits per heavy atom. The quantitative estimate of drug-likeness (QED) is 0.197. The van der Waals surface area contributed by atoms with Crippen molar-refractivity contribution in [3.63, 3.8) is 0 Å². The van der Waals surface area contributed by atoms with Crippen molar-refractivity contribution in [1.82, 2.24) is 19.5 Å². The number of phosphoric ester groups is 1. The van der Waals surface area contributed by atoms with Crippen LogP contribution in [0.4, 0.5) is 0 Å². The molecule has 1 aliphatic heterocycles. The van der Waals surface area contributed by atoms with Gasteiger partial charge in [0.25, 0.3) is 5.56 Å². The molecule has 0 aliphatic carbocycles. The second-order valence-corrected chi connectivity index (χ2v) is 6.72. The number of nitrogens with zero attached hydrogens (tertiary/aromatic N) is 3. The fourth-order valence-electron chi connectivity index (χ4n) is 2.52. The molecule has 0 amide bonds. The molecule has 3 rings (SSSR count). The molecular weight excluding hydrogens is 379 g/mol. The number of nitrogens with one attached hydrogen (secondary N) is 1. The molecule has 0 spiro atoms. The lowest BCUT2D eigenvalue weighted by molar-refractivity contribution is -0.0522. The summed E-state index contributed by atoms with van der Waals surface area (Å²) < 4.78 is 21.4. The highest BCUT2D eigenvalue weighted by Crippen LogP contribution is 2.38. The Morgan fingerprint density at radius 1 is 1.35 bits per heavy atom. The van der Waals surface area contributed by atoms with Gasteiger partial charge in [0, 0.05) is 0 Å². The van der Waals surface area contributed by atoms with Crippen molar-refractivity contribution < 1.29 is 44.0 Å². The summed E-state index contributed by atoms with van der Waals surface area (Å²) in [6.07, 6.45) is -6.73. The number of phosphoric acid groups is 1. The lowest BCUT2D eigenvalue weighted by atomic mass is 10.1. The number of hydrogen-bond acceptors (Lipinski definition) is 10. The van der Waals surface area contributed by atoms with Gasteiger partial charge in [0.15, 0.2) is 23.2 Å². The average molecular weight is 394 g/mol. The standard InChI is InChI=1S/C11H15N4O10P/c16-5-3(1-24-26(21,22)23)25-10(6(5)17)15-2-12-4-8(15)13-7(11(19)20)14-9(4)18/h2-3,5-6,10-11,16-17,19-20H,1H2,(H,13,14,18)(H2,21,22,23). The third-order valence-electron chi connectivity index (χ3n) is 3.71. The Labute approximate surface area is 143 Å². The van der Waals surface area contributed by atoms with Crippen LogP contribution >= 0.6 is 7.82 Å². The first-order chi connectivity index (χ1) is 12.1. The molecule has 1 fully saturated rings. The first-order valence-electron chi connectivity index (χ1n) is 7.13. The third kappa shape index (κ3) is 3.55. The van der Waals surface area contributed by atoms with Gasteiger partial charge in [-0.1, -0.05) is 0 Å². The van der Waals surface area contributed by atoms with Gasteiger partial charge in [-0.25, -0.2) is 14.5 Å². The van der Waals surface area contributed by atoms with Crippen LogP contribution < -0.4 is 5.56 Å². The Balaban J connectivity index is 1.93. The van der Waals surface area contributed by atoms with E-state index in [9.17, 15) is 19.6 Å². The summed E-state index contributed by atoms with van der Waals surface area (Å²) in [4.78, 5) is 39.1. The molecule has 144 valence electrons. The molecule has 26 heavy (non-hydrogen) atoms. The van der Waals surface area contributed by atoms with E-state index in [0.29, 0.717) is 0 Å². The summed E-state index contributed by atoms with van der Waals surface area (Å²) in [6, 6.07) is 0. The van der Waals surface area contributed by atoms with Crippen LogP contribution in [0.2, 0.25) is 0 Å². The minimum Gasteiger partial charge on any atom is -0.387 e. The molecule has 1 aliphatic rings. The zero-order valence-electron chi connectivity index (χ0n) is 12.8. The van der Waals surface area contributed by atoms with Crippen molar-refractivity contribution in [3.8, 4) is 0 Å². The first-order valence-corrected chi connectivity index (χ1v) is 8.66. The summed E-state index contributed by atoms with van der Waals surface area (Å²) in [5.41, 5.74) is -1.12. The number of fused-ring (bicyclic) bond motifs is 1. The molecule has 0 aromatic carbocycles. The number of aliphatic hydroxyl groups excluding tert-OH is 3. The van der Waals surface area contributed by atoms with Crippen LogP contribution in [0.25, 0.3) is 11.2 Å². The summed E-state index contributed by atoms with van der Waals surface area (Å²) in [5.74, 6) is -0.473. The number of aliphatic hydroxyl groups is 4. The fourth-order valence-corrected chi connectivity index (χ4v) is 2.86. The van der Waals surface area contributed by atoms with E-state index >= 15 is 0 Å². The lowest BCUT2D eigenvalue weighted by Crippen LogP contribution is -2.33. The number of aromatic nitrogens is 4. The summed E-state index contributed by atoms with van der Waals surface area (Å²) in [5, 5.41) is 38.5. The number of hydrogen-bond donors (Lipinski definition) is 7. The van der Waals surface area contributed by atoms with Crippen molar-refractivity contribution in [3.05, 3.63) is 22.5 Å². The van der Waals surface area contributed by atoms with E-state index in [1.54, 1.807) is 0 Å². The van der Waals surface area contributed by atoms with E-state index in [-0.39, 0.29) is 11.2 Å². The molecule has 4 unspecified atom stereocenters. The van der Waals surface area contributed by atoms with E-state index in [0.717, 1.165) is 10.9 Å². The Kier molecular flexibility index (Phi) is 4.96. The van der Waals surface area contributed by atoms with E-state index in [4.69, 9.17) is 24.7 Å². The van der Waals surface area contributed by atoms with Crippen LogP contribution in [-0.4, -0.2) is 74.7 Å². The van der Waals surface area contributed by atoms with Gasteiger partial charge in [-0.3, -0.25) is 13.9 Å². The van der Waals surface area contributed by atoms with Gasteiger partial charge in [0.2, 0.25) is 6.29 Å². The van der Waals surface area contributed by atoms with Gasteiger partial charge in [0.05, 0.1) is 12.9 Å². The molecule has 4 atom stereocenters. The van der Waals surface area contributed by atoms with Crippen LogP contribution in [0.3, 0.4) is 0 Å². The summed E-state index contributed by atoms with van der Waals surface area (Å²) in [7, 11) is -4.81. The zero-order chi connectivity index (χ0) is 19.2. The second-order valence-electron chi connectivity index (χ2n) is 5.48. The van der Waals surface area contributed by atoms with E-state index in [1.165, 1.54) is 0 Å². The van der Waals surface area contributed by atoms with Crippen molar-refractivity contribution in [2.75, 3.05) is 6.61 Å². The summed E-state index contributed by atoms with van der Waals surface area (Å²) >= 11 is 0. The van der Waals surface area contributed by atoms with Gasteiger partial charge in [0.1, 0.15) is 18.3 Å². The fraction of sp³-hybridized carbons (Fsp3) is 0.545. The average Bonchev–Trinajstić information content (AvgIpc) is 3.08. The normalized spacial score (nSPS) is 26.9. The Morgan fingerprint density at radius 3 is 2.65 bits per heavy atom. The first kappa shape index (κ1) is 19.0. The number of H-pyrrole nitrogens is 1. The molecule has 0 bridgehead atoms. The van der Waals surface area contributed by atoms with Crippen LogP contribution in [0, 0.1) is 0 Å². The monoisotopic (exact) mass is 394 g/mol. The van der Waals surface area contributed by atoms with Crippen molar-refractivity contribution in [1.29, 1.82) is 0 Å². The van der Waals surface area contributed by atoms with Crippen LogP contribution in [0.1, 0.15) is 18.3 Å². The minimum absolute atomic E-state index is 0.162. The van der Waals surface area contributed by atoms with Crippen molar-refractivity contribution in [2.45, 2.75) is 30.8 Å². The van der Waals surface area contributed by atoms with Crippen LogP contribution in [0.15, 0.2) is 11.1 Å². The molecule has 2 aromatic rings. The predicted molar refractivity (Wildman–Crippen MR) is 79.2 cm³/mol. The highest BCUT2D eigenvalue weighted by Gasteiger charge is 2.45. The van der Waals surface area contributed by atoms with Gasteiger partial charge in [-0.2, -0.15) is 0 Å². The second kappa shape index (κ2) is 6.77. The van der Waals surface area contributed by atoms with Gasteiger partial charge >= 0.3 is 7.82 Å². The number of rotatable bonds is 5. The topological polar surface area (TPSA) is 220 Å². The van der Waals surface area contributed by atoms with Gasteiger partial charge in [-0.15, -0.1) is 0 Å². The molecule has 7 N–H and O–H groups in total. The zero-order valence-corrected chi connectivity index (χ0v) is 13.7. The SMILES string of the molecule is O=c1[nH]c(C(O)O)nc2c1ncn2C1OC(COP(=O)(O)O)C(O)C1O. The maximum atomic E-state index is 11.9. The van der Waals surface area contributed by atoms with Gasteiger partial charge in [-0.05, 0) is 0 Å². The molecule has 15 heteroatoms. The smallest absolute Gasteiger partial charge is 0.387 e. The largest absolute Gasteiger partial charge is 0.469 e. The van der Waals surface area contributed by atoms with E-state index in [2.05, 4.69) is 19.5 Å². The molecule has 14 nitrogen and oxygen atoms in total. The van der Waals surface area contributed by atoms with Gasteiger partial charge < -0.3 is 39.9 Å². The third-order valence-corrected chi connectivity index (χ3v) is 4.20. The minimum atomic E-state index is -4.81. The van der Waals surface area contributed by atoms with Crippen molar-refractivity contribution >= 4 is 19.0 Å². The molecule has 0 saturated carbocycles. The highest BCUT2D eigenvalue weighted by molar-refractivity contribution is 7.46. The molecule has 2 aromatic heterocycles. The number of aromatic amines is 1. The maximum absolute atomic E-state index is 11.9. The van der Waals surface area contributed by atoms with Crippen LogP contribution in [-0.2, 0) is 13.8 Å². The number of ether oxygens (including phenoxy) is 1. The molecule has 1 saturated heterocycles. The van der Waals surface area contributed by atoms with Crippen molar-refractivity contribution in [2.24, 2.45) is 0 Å². The number of imidazole rings is 1. The van der Waals surface area contributed by atoms with E-state index in [1.807, 2.05) is 0 Å². The Hall–Kier alpha value is -1.74. The molecular formula is C11H15N4O10P. The molecule has 0 radical (unpaired) electrons. The maximum Gasteiger partial charge on any atom is 0.469 e. The molecule has 3 heterocycles. The lowest BCUT2D eigenvalue weighted by Gasteiger charge is -2.16. The van der Waals surface area contributed by atoms with E-state index < -0.39 is 56.6 Å². The predicted octanol–water partition coefficient (Wildman–Crippen LogP) is -3.17. The Bertz CT molecular complexity index is 906. The highest BCUT2D eigenvalue weighted by atomic mass is 31.2. The summed E-state index contributed by atoms with van der Waals surface area (Å²) in [6.45, 7) is -0.708.